The van der Waals surface area contributed by atoms with Gasteiger partial charge in [-0.05, 0) is 19.4 Å². The number of anilines is 1. The lowest BCUT2D eigenvalue weighted by atomic mass is 10.1. The summed E-state index contributed by atoms with van der Waals surface area (Å²) in [5.74, 6) is -0.982. The first kappa shape index (κ1) is 13.5. The second kappa shape index (κ2) is 5.79. The number of carboxylic acids is 1. The molecule has 0 saturated carbocycles. The van der Waals surface area contributed by atoms with Gasteiger partial charge < -0.3 is 10.4 Å². The molecule has 0 aromatic carbocycles. The lowest BCUT2D eigenvalue weighted by Gasteiger charge is -2.17. The van der Waals surface area contributed by atoms with Crippen LogP contribution in [0.25, 0.3) is 0 Å². The van der Waals surface area contributed by atoms with E-state index in [9.17, 15) is 9.90 Å². The third-order valence-corrected chi connectivity index (χ3v) is 3.65. The zero-order valence-corrected chi connectivity index (χ0v) is 11.6. The van der Waals surface area contributed by atoms with Gasteiger partial charge in [0.1, 0.15) is 10.6 Å². The molecule has 2 heterocycles. The quantitative estimate of drug-likeness (QED) is 0.878. The van der Waals surface area contributed by atoms with Gasteiger partial charge in [0.05, 0.1) is 11.7 Å². The van der Waals surface area contributed by atoms with Gasteiger partial charge in [-0.25, -0.2) is 9.78 Å². The summed E-state index contributed by atoms with van der Waals surface area (Å²) in [6.45, 7) is 3.87. The summed E-state index contributed by atoms with van der Waals surface area (Å²) in [6.07, 6.45) is 3.96. The zero-order valence-electron chi connectivity index (χ0n) is 10.8. The minimum absolute atomic E-state index is 0.0138. The molecule has 0 spiro atoms. The van der Waals surface area contributed by atoms with E-state index in [0.29, 0.717) is 5.69 Å². The summed E-state index contributed by atoms with van der Waals surface area (Å²) in [4.78, 5) is 19.5. The maximum absolute atomic E-state index is 11.2. The number of aromatic carboxylic acids is 1. The van der Waals surface area contributed by atoms with Gasteiger partial charge in [0, 0.05) is 23.5 Å². The van der Waals surface area contributed by atoms with Crippen molar-refractivity contribution in [2.24, 2.45) is 0 Å². The van der Waals surface area contributed by atoms with Gasteiger partial charge in [0.25, 0.3) is 0 Å². The van der Waals surface area contributed by atoms with Crippen LogP contribution in [0.2, 0.25) is 0 Å². The maximum atomic E-state index is 11.2. The van der Waals surface area contributed by atoms with E-state index < -0.39 is 5.97 Å². The molecule has 0 aliphatic heterocycles. The van der Waals surface area contributed by atoms with Crippen LogP contribution in [-0.2, 0) is 0 Å². The number of carbonyl (C=O) groups is 1. The number of aryl methyl sites for hydroxylation is 1. The summed E-state index contributed by atoms with van der Waals surface area (Å²) in [7, 11) is 0. The Labute approximate surface area is 115 Å². The molecule has 1 atom stereocenters. The molecule has 19 heavy (non-hydrogen) atoms. The number of hydrogen-bond acceptors (Lipinski definition) is 5. The molecule has 0 aliphatic carbocycles. The molecule has 6 heteroatoms. The topological polar surface area (TPSA) is 75.1 Å². The van der Waals surface area contributed by atoms with Crippen LogP contribution in [0.4, 0.5) is 5.69 Å². The first-order chi connectivity index (χ1) is 9.11. The van der Waals surface area contributed by atoms with E-state index in [2.05, 4.69) is 15.3 Å². The Balaban J connectivity index is 2.31. The standard InChI is InChI=1S/C13H15N3O2S/c1-3-10(12-14-4-5-19-12)16-11-6-8(2)15-7-9(11)13(17)18/h4-7,10H,3H2,1-2H3,(H,15,16)(H,17,18). The van der Waals surface area contributed by atoms with Gasteiger partial charge in [0.15, 0.2) is 0 Å². The van der Waals surface area contributed by atoms with Crippen LogP contribution >= 0.6 is 11.3 Å². The summed E-state index contributed by atoms with van der Waals surface area (Å²) in [6, 6.07) is 1.76. The average molecular weight is 277 g/mol. The molecule has 2 N–H and O–H groups in total. The van der Waals surface area contributed by atoms with Crippen molar-refractivity contribution in [3.8, 4) is 0 Å². The van der Waals surface area contributed by atoms with Crippen molar-refractivity contribution in [2.75, 3.05) is 5.32 Å². The fourth-order valence-corrected chi connectivity index (χ4v) is 2.56. The van der Waals surface area contributed by atoms with Crippen LogP contribution in [-0.4, -0.2) is 21.0 Å². The minimum Gasteiger partial charge on any atom is -0.478 e. The van der Waals surface area contributed by atoms with E-state index in [1.807, 2.05) is 19.2 Å². The summed E-state index contributed by atoms with van der Waals surface area (Å²) >= 11 is 1.56. The Morgan fingerprint density at radius 2 is 2.32 bits per heavy atom. The van der Waals surface area contributed by atoms with Gasteiger partial charge in [0.2, 0.25) is 0 Å². The van der Waals surface area contributed by atoms with E-state index in [4.69, 9.17) is 0 Å². The van der Waals surface area contributed by atoms with Crippen LogP contribution in [0, 0.1) is 6.92 Å². The van der Waals surface area contributed by atoms with Gasteiger partial charge in [-0.3, -0.25) is 4.98 Å². The molecule has 2 aromatic rings. The van der Waals surface area contributed by atoms with Crippen LogP contribution in [0.15, 0.2) is 23.8 Å². The monoisotopic (exact) mass is 277 g/mol. The number of rotatable bonds is 5. The summed E-state index contributed by atoms with van der Waals surface area (Å²) in [5.41, 5.74) is 1.55. The minimum atomic E-state index is -0.982. The Hall–Kier alpha value is -1.95. The molecule has 2 aromatic heterocycles. The molecule has 5 nitrogen and oxygen atoms in total. The van der Waals surface area contributed by atoms with Crippen LogP contribution in [0.1, 0.15) is 40.4 Å². The van der Waals surface area contributed by atoms with Crippen molar-refractivity contribution >= 4 is 23.0 Å². The third-order valence-electron chi connectivity index (χ3n) is 2.76. The average Bonchev–Trinajstić information content (AvgIpc) is 2.89. The van der Waals surface area contributed by atoms with Gasteiger partial charge in [-0.1, -0.05) is 6.92 Å². The van der Waals surface area contributed by atoms with E-state index in [0.717, 1.165) is 17.1 Å². The van der Waals surface area contributed by atoms with Gasteiger partial charge in [-0.2, -0.15) is 0 Å². The largest absolute Gasteiger partial charge is 0.478 e. The molecule has 0 bridgehead atoms. The van der Waals surface area contributed by atoms with Crippen molar-refractivity contribution < 1.29 is 9.90 Å². The summed E-state index contributed by atoms with van der Waals surface area (Å²) in [5, 5.41) is 15.3. The number of pyridine rings is 1. The van der Waals surface area contributed by atoms with Crippen molar-refractivity contribution in [1.29, 1.82) is 0 Å². The Morgan fingerprint density at radius 1 is 1.53 bits per heavy atom. The van der Waals surface area contributed by atoms with Crippen molar-refractivity contribution in [3.63, 3.8) is 0 Å². The van der Waals surface area contributed by atoms with E-state index >= 15 is 0 Å². The molecule has 0 radical (unpaired) electrons. The normalized spacial score (nSPS) is 12.1. The van der Waals surface area contributed by atoms with Crippen molar-refractivity contribution in [1.82, 2.24) is 9.97 Å². The van der Waals surface area contributed by atoms with Crippen LogP contribution in [0.5, 0.6) is 0 Å². The van der Waals surface area contributed by atoms with Crippen molar-refractivity contribution in [3.05, 3.63) is 40.1 Å². The molecular weight excluding hydrogens is 262 g/mol. The fraction of sp³-hybridized carbons (Fsp3) is 0.308. The highest BCUT2D eigenvalue weighted by atomic mass is 32.1. The van der Waals surface area contributed by atoms with E-state index in [1.54, 1.807) is 23.6 Å². The van der Waals surface area contributed by atoms with Gasteiger partial charge >= 0.3 is 5.97 Å². The van der Waals surface area contributed by atoms with Gasteiger partial charge in [-0.15, -0.1) is 11.3 Å². The lowest BCUT2D eigenvalue weighted by Crippen LogP contribution is -2.13. The smallest absolute Gasteiger partial charge is 0.339 e. The van der Waals surface area contributed by atoms with Crippen LogP contribution in [0.3, 0.4) is 0 Å². The Morgan fingerprint density at radius 3 is 2.89 bits per heavy atom. The van der Waals surface area contributed by atoms with E-state index in [1.165, 1.54) is 6.20 Å². The zero-order chi connectivity index (χ0) is 13.8. The number of carboxylic acid groups (broad SMARTS) is 1. The number of nitrogens with zero attached hydrogens (tertiary/aromatic N) is 2. The first-order valence-electron chi connectivity index (χ1n) is 5.97. The molecule has 2 rings (SSSR count). The maximum Gasteiger partial charge on any atom is 0.339 e. The molecule has 0 fully saturated rings. The SMILES string of the molecule is CCC(Nc1cc(C)ncc1C(=O)O)c1nccs1. The second-order valence-electron chi connectivity index (χ2n) is 4.15. The third kappa shape index (κ3) is 3.08. The number of aromatic nitrogens is 2. The van der Waals surface area contributed by atoms with Crippen molar-refractivity contribution in [2.45, 2.75) is 26.3 Å². The van der Waals surface area contributed by atoms with Crippen LogP contribution < -0.4 is 5.32 Å². The molecular formula is C13H15N3O2S. The second-order valence-corrected chi connectivity index (χ2v) is 5.08. The molecule has 0 amide bonds. The number of thiazole rings is 1. The molecule has 0 aliphatic rings. The lowest BCUT2D eigenvalue weighted by molar-refractivity contribution is 0.0697. The number of nitrogens with one attached hydrogen (secondary N) is 1. The predicted octanol–water partition coefficient (Wildman–Crippen LogP) is 3.11. The first-order valence-corrected chi connectivity index (χ1v) is 6.85. The molecule has 100 valence electrons. The molecule has 1 unspecified atom stereocenters. The number of hydrogen-bond donors (Lipinski definition) is 2. The highest BCUT2D eigenvalue weighted by molar-refractivity contribution is 7.09. The molecule has 0 saturated heterocycles. The Kier molecular flexibility index (Phi) is 4.11. The van der Waals surface area contributed by atoms with E-state index in [-0.39, 0.29) is 11.6 Å². The predicted molar refractivity (Wildman–Crippen MR) is 74.7 cm³/mol. The summed E-state index contributed by atoms with van der Waals surface area (Å²) < 4.78 is 0. The highest BCUT2D eigenvalue weighted by Crippen LogP contribution is 2.26. The Bertz CT molecular complexity index is 569. The highest BCUT2D eigenvalue weighted by Gasteiger charge is 2.17. The fourth-order valence-electron chi connectivity index (χ4n) is 1.78.